The molecule has 0 saturated carbocycles. The number of carbonyl (C=O) groups excluding carboxylic acids is 4. The van der Waals surface area contributed by atoms with Gasteiger partial charge in [0.25, 0.3) is 0 Å². The number of hydrogen-bond acceptors (Lipinski definition) is 14. The van der Waals surface area contributed by atoms with Crippen LogP contribution in [0.5, 0.6) is 0 Å². The van der Waals surface area contributed by atoms with Crippen LogP contribution in [0.25, 0.3) is 0 Å². The van der Waals surface area contributed by atoms with Crippen LogP contribution >= 0.6 is 86.4 Å². The van der Waals surface area contributed by atoms with Crippen molar-refractivity contribution >= 4 is 110 Å². The first-order valence-corrected chi connectivity index (χ1v) is 25.1. The van der Waals surface area contributed by atoms with Crippen LogP contribution in [0.1, 0.15) is 77.0 Å². The summed E-state index contributed by atoms with van der Waals surface area (Å²) in [6.07, 6.45) is 13.5. The topological polar surface area (TPSA) is 135 Å². The second kappa shape index (κ2) is 26.4. The highest BCUT2D eigenvalue weighted by atomic mass is 33.2. The third kappa shape index (κ3) is 26.5. The maximum atomic E-state index is 11.5. The van der Waals surface area contributed by atoms with E-state index in [1.807, 2.05) is 86.4 Å². The largest absolute Gasteiger partial charge is 0.362 e. The van der Waals surface area contributed by atoms with E-state index < -0.39 is 0 Å². The SMILES string of the molecule is O=C(COCC(=O)NCCCCC1SS1)NCCCCC1SS1.O=C(COCC(=O)NCCCCC1SS1)NCCCCC1SS1. The van der Waals surface area contributed by atoms with E-state index >= 15 is 0 Å². The molecule has 18 heteroatoms. The van der Waals surface area contributed by atoms with Crippen molar-refractivity contribution in [3.8, 4) is 0 Å². The van der Waals surface area contributed by atoms with E-state index in [-0.39, 0.29) is 50.1 Å². The van der Waals surface area contributed by atoms with Gasteiger partial charge in [-0.25, -0.2) is 0 Å². The van der Waals surface area contributed by atoms with Crippen molar-refractivity contribution in [3.63, 3.8) is 0 Å². The standard InChI is InChI=1S/2C14H24N2O3S4/c2*17-11(15-7-3-1-5-13-20-21-13)9-19-10-12(18)16-8-4-2-6-14-22-23-14/h2*13-14H,1-10H2,(H,15,17)(H,16,18). The molecule has 0 aromatic heterocycles. The van der Waals surface area contributed by atoms with Crippen molar-refractivity contribution in [2.75, 3.05) is 52.6 Å². The zero-order valence-electron chi connectivity index (χ0n) is 26.2. The van der Waals surface area contributed by atoms with Gasteiger partial charge in [-0.05, 0) is 77.0 Å². The molecule has 4 fully saturated rings. The summed E-state index contributed by atoms with van der Waals surface area (Å²) >= 11 is 0. The van der Waals surface area contributed by atoms with E-state index in [9.17, 15) is 19.2 Å². The average molecular weight is 793 g/mol. The summed E-state index contributed by atoms with van der Waals surface area (Å²) < 4.78 is 13.4. The van der Waals surface area contributed by atoms with Gasteiger partial charge in [-0.15, -0.1) is 0 Å². The molecule has 4 rings (SSSR count). The molecule has 0 radical (unpaired) electrons. The van der Waals surface area contributed by atoms with Crippen molar-refractivity contribution < 1.29 is 28.7 Å². The van der Waals surface area contributed by atoms with E-state index in [2.05, 4.69) is 21.3 Å². The normalized spacial score (nSPS) is 17.0. The van der Waals surface area contributed by atoms with Crippen LogP contribution in [-0.2, 0) is 28.7 Å². The Morgan fingerprint density at radius 3 is 0.783 bits per heavy atom. The molecule has 4 amide bonds. The summed E-state index contributed by atoms with van der Waals surface area (Å²) in [5.41, 5.74) is 0. The molecule has 0 atom stereocenters. The number of carbonyl (C=O) groups is 4. The van der Waals surface area contributed by atoms with Gasteiger partial charge in [-0.1, -0.05) is 86.4 Å². The molecule has 4 aliphatic heterocycles. The average Bonchev–Trinajstić information content (AvgIpc) is 3.84. The minimum atomic E-state index is -0.146. The molecular weight excluding hydrogens is 745 g/mol. The summed E-state index contributed by atoms with van der Waals surface area (Å²) in [5.74, 6) is -0.584. The fourth-order valence-corrected chi connectivity index (χ4v) is 9.54. The van der Waals surface area contributed by atoms with Crippen LogP contribution in [-0.4, -0.2) is 94.6 Å². The van der Waals surface area contributed by atoms with Gasteiger partial charge in [0.15, 0.2) is 0 Å². The number of ether oxygens (including phenoxy) is 2. The van der Waals surface area contributed by atoms with Gasteiger partial charge in [0, 0.05) is 26.2 Å². The highest BCUT2D eigenvalue weighted by Crippen LogP contribution is 2.57. The number of unbranched alkanes of at least 4 members (excludes halogenated alkanes) is 4. The summed E-state index contributed by atoms with van der Waals surface area (Å²) in [5, 5.41) is 11.3. The molecule has 4 N–H and O–H groups in total. The smallest absolute Gasteiger partial charge is 0.246 e. The maximum absolute atomic E-state index is 11.5. The molecule has 0 spiro atoms. The Balaban J connectivity index is 0.000000250. The first-order chi connectivity index (χ1) is 22.5. The molecule has 10 nitrogen and oxygen atoms in total. The zero-order valence-corrected chi connectivity index (χ0v) is 32.7. The minimum absolute atomic E-state index is 0.0438. The maximum Gasteiger partial charge on any atom is 0.246 e. The quantitative estimate of drug-likeness (QED) is 0.0417. The number of amides is 4. The van der Waals surface area contributed by atoms with Crippen LogP contribution in [0.4, 0.5) is 0 Å². The lowest BCUT2D eigenvalue weighted by molar-refractivity contribution is -0.132. The molecule has 0 aliphatic carbocycles. The molecule has 264 valence electrons. The van der Waals surface area contributed by atoms with Gasteiger partial charge in [-0.3, -0.25) is 19.2 Å². The minimum Gasteiger partial charge on any atom is -0.362 e. The number of nitrogens with one attached hydrogen (secondary N) is 4. The molecule has 4 heterocycles. The second-order valence-electron chi connectivity index (χ2n) is 10.9. The van der Waals surface area contributed by atoms with Crippen LogP contribution in [0.15, 0.2) is 0 Å². The van der Waals surface area contributed by atoms with Crippen LogP contribution in [0, 0.1) is 0 Å². The zero-order chi connectivity index (χ0) is 32.7. The first kappa shape index (κ1) is 41.0. The van der Waals surface area contributed by atoms with Gasteiger partial charge in [0.2, 0.25) is 23.6 Å². The summed E-state index contributed by atoms with van der Waals surface area (Å²) in [6.45, 7) is 2.58. The Bertz CT molecular complexity index is 760. The predicted molar refractivity (Wildman–Crippen MR) is 205 cm³/mol. The second-order valence-corrected chi connectivity index (χ2v) is 22.8. The molecule has 0 aromatic rings. The monoisotopic (exact) mass is 792 g/mol. The first-order valence-electron chi connectivity index (χ1n) is 16.0. The summed E-state index contributed by atoms with van der Waals surface area (Å²) in [7, 11) is 15.4. The Morgan fingerprint density at radius 1 is 0.370 bits per heavy atom. The highest BCUT2D eigenvalue weighted by Gasteiger charge is 2.24. The van der Waals surface area contributed by atoms with E-state index in [1.54, 1.807) is 0 Å². The van der Waals surface area contributed by atoms with Gasteiger partial charge < -0.3 is 30.7 Å². The van der Waals surface area contributed by atoms with Crippen molar-refractivity contribution in [1.82, 2.24) is 21.3 Å². The van der Waals surface area contributed by atoms with Crippen LogP contribution in [0.2, 0.25) is 0 Å². The molecule has 0 aromatic carbocycles. The highest BCUT2D eigenvalue weighted by molar-refractivity contribution is 8.93. The van der Waals surface area contributed by atoms with Crippen molar-refractivity contribution in [1.29, 1.82) is 0 Å². The molecule has 4 saturated heterocycles. The van der Waals surface area contributed by atoms with Crippen LogP contribution in [0.3, 0.4) is 0 Å². The van der Waals surface area contributed by atoms with Gasteiger partial charge >= 0.3 is 0 Å². The van der Waals surface area contributed by atoms with Gasteiger partial charge in [0.1, 0.15) is 26.4 Å². The number of hydrogen-bond donors (Lipinski definition) is 4. The lowest BCUT2D eigenvalue weighted by Gasteiger charge is -2.07. The Kier molecular flexibility index (Phi) is 23.6. The van der Waals surface area contributed by atoms with Crippen molar-refractivity contribution in [3.05, 3.63) is 0 Å². The third-order valence-electron chi connectivity index (χ3n) is 6.62. The molecular formula is C28H48N4O6S8. The van der Waals surface area contributed by atoms with Crippen molar-refractivity contribution in [2.45, 2.75) is 95.4 Å². The van der Waals surface area contributed by atoms with E-state index in [0.29, 0.717) is 26.2 Å². The van der Waals surface area contributed by atoms with Crippen LogP contribution < -0.4 is 21.3 Å². The molecule has 4 aliphatic rings. The summed E-state index contributed by atoms with van der Waals surface area (Å²) in [6, 6.07) is 0. The fourth-order valence-electron chi connectivity index (χ4n) is 3.87. The Labute approximate surface area is 305 Å². The van der Waals surface area contributed by atoms with Gasteiger partial charge in [0.05, 0.1) is 18.3 Å². The van der Waals surface area contributed by atoms with E-state index in [4.69, 9.17) is 9.47 Å². The molecule has 0 unspecified atom stereocenters. The lowest BCUT2D eigenvalue weighted by atomic mass is 10.2. The molecule has 0 bridgehead atoms. The number of rotatable bonds is 28. The fraction of sp³-hybridized carbons (Fsp3) is 0.857. The Morgan fingerprint density at radius 2 is 0.587 bits per heavy atom. The Hall–Kier alpha value is 0.600. The lowest BCUT2D eigenvalue weighted by Crippen LogP contribution is -2.32. The van der Waals surface area contributed by atoms with Crippen molar-refractivity contribution in [2.24, 2.45) is 0 Å². The third-order valence-corrected chi connectivity index (χ3v) is 15.9. The van der Waals surface area contributed by atoms with E-state index in [1.165, 1.54) is 25.7 Å². The molecule has 46 heavy (non-hydrogen) atoms. The van der Waals surface area contributed by atoms with E-state index in [0.717, 1.165) is 69.7 Å². The van der Waals surface area contributed by atoms with Gasteiger partial charge in [-0.2, -0.15) is 0 Å². The predicted octanol–water partition coefficient (Wildman–Crippen LogP) is 6.04. The summed E-state index contributed by atoms with van der Waals surface area (Å²) in [4.78, 5) is 46.1.